The van der Waals surface area contributed by atoms with Crippen molar-refractivity contribution in [3.05, 3.63) is 70.2 Å². The average Bonchev–Trinajstić information content (AvgIpc) is 2.67. The minimum absolute atomic E-state index is 0.0704. The molecule has 0 saturated heterocycles. The summed E-state index contributed by atoms with van der Waals surface area (Å²) in [7, 11) is 0. The Hall–Kier alpha value is -3.06. The van der Waals surface area contributed by atoms with Gasteiger partial charge in [-0.25, -0.2) is 0 Å². The molecule has 1 atom stereocenters. The van der Waals surface area contributed by atoms with Crippen molar-refractivity contribution in [1.29, 1.82) is 0 Å². The van der Waals surface area contributed by atoms with Gasteiger partial charge < -0.3 is 10.6 Å². The summed E-state index contributed by atoms with van der Waals surface area (Å²) in [5.41, 5.74) is 1.95. The highest BCUT2D eigenvalue weighted by Gasteiger charge is 2.24. The van der Waals surface area contributed by atoms with E-state index >= 15 is 0 Å². The van der Waals surface area contributed by atoms with Crippen molar-refractivity contribution in [2.24, 2.45) is 10.2 Å². The molecule has 0 bridgehead atoms. The van der Waals surface area contributed by atoms with Crippen LogP contribution in [0.3, 0.4) is 0 Å². The summed E-state index contributed by atoms with van der Waals surface area (Å²) in [5.74, 6) is -1.94. The summed E-state index contributed by atoms with van der Waals surface area (Å²) in [6.07, 6.45) is 0. The molecule has 1 aliphatic rings. The van der Waals surface area contributed by atoms with E-state index in [-0.39, 0.29) is 13.1 Å². The number of rotatable bonds is 4. The first-order valence-electron chi connectivity index (χ1n) is 7.89. The molecule has 26 heavy (non-hydrogen) atoms. The van der Waals surface area contributed by atoms with Crippen LogP contribution < -0.4 is 10.6 Å². The van der Waals surface area contributed by atoms with Crippen molar-refractivity contribution in [3.8, 4) is 0 Å². The highest BCUT2D eigenvalue weighted by atomic mass is 35.5. The normalized spacial score (nSPS) is 15.3. The minimum atomic E-state index is -0.774. The van der Waals surface area contributed by atoms with Crippen LogP contribution in [0.15, 0.2) is 58.8 Å². The maximum Gasteiger partial charge on any atom is 0.309 e. The Kier molecular flexibility index (Phi) is 5.38. The second-order valence-electron chi connectivity index (χ2n) is 5.64. The third-order valence-electron chi connectivity index (χ3n) is 3.87. The van der Waals surface area contributed by atoms with Crippen molar-refractivity contribution >= 4 is 29.3 Å². The Morgan fingerprint density at radius 1 is 1.00 bits per heavy atom. The molecular formula is C18H15ClN4O3. The van der Waals surface area contributed by atoms with Gasteiger partial charge in [-0.3, -0.25) is 14.4 Å². The van der Waals surface area contributed by atoms with E-state index in [4.69, 9.17) is 11.6 Å². The lowest BCUT2D eigenvalue weighted by Crippen LogP contribution is -2.41. The number of benzene rings is 2. The highest BCUT2D eigenvalue weighted by Crippen LogP contribution is 2.26. The standard InChI is InChI=1S/C18H15ClN4O3/c19-12-7-5-11(6-8-12)9-20-17(25)18(26)21-10-15-13-3-1-2-4-14(13)16(24)23-22-15/h1-8,15H,9-10H2,(H,20,25)(H,21,26). The Morgan fingerprint density at radius 3 is 2.46 bits per heavy atom. The van der Waals surface area contributed by atoms with Gasteiger partial charge in [-0.2, -0.15) is 5.11 Å². The van der Waals surface area contributed by atoms with E-state index in [2.05, 4.69) is 20.9 Å². The van der Waals surface area contributed by atoms with E-state index in [1.807, 2.05) is 0 Å². The van der Waals surface area contributed by atoms with Gasteiger partial charge in [0.25, 0.3) is 5.91 Å². The molecule has 0 radical (unpaired) electrons. The Morgan fingerprint density at radius 2 is 1.69 bits per heavy atom. The number of nitrogens with one attached hydrogen (secondary N) is 2. The van der Waals surface area contributed by atoms with Crippen LogP contribution in [-0.4, -0.2) is 24.3 Å². The summed E-state index contributed by atoms with van der Waals surface area (Å²) in [5, 5.41) is 13.1. The van der Waals surface area contributed by atoms with E-state index in [1.54, 1.807) is 48.5 Å². The maximum absolute atomic E-state index is 12.0. The fourth-order valence-electron chi connectivity index (χ4n) is 2.51. The number of fused-ring (bicyclic) bond motifs is 1. The molecule has 0 saturated carbocycles. The molecule has 1 unspecified atom stereocenters. The van der Waals surface area contributed by atoms with Crippen molar-refractivity contribution in [2.45, 2.75) is 12.6 Å². The molecule has 0 aromatic heterocycles. The predicted molar refractivity (Wildman–Crippen MR) is 94.7 cm³/mol. The van der Waals surface area contributed by atoms with Crippen LogP contribution in [0.1, 0.15) is 27.5 Å². The maximum atomic E-state index is 12.0. The molecule has 2 N–H and O–H groups in total. The molecule has 7 nitrogen and oxygen atoms in total. The first-order chi connectivity index (χ1) is 12.5. The first-order valence-corrected chi connectivity index (χ1v) is 8.27. The molecule has 132 valence electrons. The number of carbonyl (C=O) groups excluding carboxylic acids is 3. The van der Waals surface area contributed by atoms with E-state index in [1.165, 1.54) is 0 Å². The van der Waals surface area contributed by atoms with Crippen LogP contribution >= 0.6 is 11.6 Å². The molecule has 1 heterocycles. The quantitative estimate of drug-likeness (QED) is 0.808. The van der Waals surface area contributed by atoms with Crippen LogP contribution in [0.2, 0.25) is 5.02 Å². The smallest absolute Gasteiger partial charge is 0.309 e. The van der Waals surface area contributed by atoms with Crippen LogP contribution in [0.5, 0.6) is 0 Å². The van der Waals surface area contributed by atoms with E-state index < -0.39 is 23.8 Å². The first kappa shape index (κ1) is 17.8. The van der Waals surface area contributed by atoms with E-state index in [0.29, 0.717) is 16.1 Å². The third-order valence-corrected chi connectivity index (χ3v) is 4.12. The molecule has 3 rings (SSSR count). The molecule has 2 aromatic carbocycles. The summed E-state index contributed by atoms with van der Waals surface area (Å²) in [6, 6.07) is 13.3. The zero-order valence-corrected chi connectivity index (χ0v) is 14.4. The van der Waals surface area contributed by atoms with E-state index in [9.17, 15) is 14.4 Å². The number of azo groups is 1. The number of hydrogen-bond donors (Lipinski definition) is 2. The molecule has 0 fully saturated rings. The summed E-state index contributed by atoms with van der Waals surface area (Å²) in [6.45, 7) is 0.283. The number of amides is 3. The zero-order valence-electron chi connectivity index (χ0n) is 13.6. The number of halogens is 1. The molecule has 2 aromatic rings. The number of carbonyl (C=O) groups is 3. The lowest BCUT2D eigenvalue weighted by Gasteiger charge is -2.18. The fraction of sp³-hybridized carbons (Fsp3) is 0.167. The minimum Gasteiger partial charge on any atom is -0.345 e. The van der Waals surface area contributed by atoms with Gasteiger partial charge in [0.05, 0.1) is 0 Å². The molecule has 0 aliphatic carbocycles. The van der Waals surface area contributed by atoms with Gasteiger partial charge in [-0.1, -0.05) is 41.9 Å². The summed E-state index contributed by atoms with van der Waals surface area (Å²) < 4.78 is 0. The predicted octanol–water partition coefficient (Wildman–Crippen LogP) is 2.42. The Bertz CT molecular complexity index is 880. The number of hydrogen-bond acceptors (Lipinski definition) is 4. The molecule has 8 heteroatoms. The highest BCUT2D eigenvalue weighted by molar-refractivity contribution is 6.35. The van der Waals surface area contributed by atoms with Gasteiger partial charge in [0, 0.05) is 23.7 Å². The van der Waals surface area contributed by atoms with Crippen LogP contribution in [0.4, 0.5) is 0 Å². The van der Waals surface area contributed by atoms with Gasteiger partial charge in [0.1, 0.15) is 6.04 Å². The topological polar surface area (TPSA) is 100.0 Å². The van der Waals surface area contributed by atoms with Crippen LogP contribution in [0, 0.1) is 0 Å². The second kappa shape index (κ2) is 7.88. The van der Waals surface area contributed by atoms with E-state index in [0.717, 1.165) is 5.56 Å². The second-order valence-corrected chi connectivity index (χ2v) is 6.08. The van der Waals surface area contributed by atoms with Gasteiger partial charge in [-0.15, -0.1) is 5.11 Å². The third kappa shape index (κ3) is 4.12. The molecule has 0 spiro atoms. The van der Waals surface area contributed by atoms with Crippen molar-refractivity contribution in [1.82, 2.24) is 10.6 Å². The van der Waals surface area contributed by atoms with Gasteiger partial charge >= 0.3 is 11.8 Å². The van der Waals surface area contributed by atoms with Gasteiger partial charge in [0.2, 0.25) is 0 Å². The molecule has 3 amide bonds. The molecule has 1 aliphatic heterocycles. The average molecular weight is 371 g/mol. The Balaban J connectivity index is 1.53. The van der Waals surface area contributed by atoms with Crippen LogP contribution in [-0.2, 0) is 16.1 Å². The van der Waals surface area contributed by atoms with Crippen LogP contribution in [0.25, 0.3) is 0 Å². The summed E-state index contributed by atoms with van der Waals surface area (Å²) >= 11 is 5.80. The van der Waals surface area contributed by atoms with Crippen molar-refractivity contribution in [3.63, 3.8) is 0 Å². The molecular weight excluding hydrogens is 356 g/mol. The zero-order chi connectivity index (χ0) is 18.5. The summed E-state index contributed by atoms with van der Waals surface area (Å²) in [4.78, 5) is 35.5. The number of nitrogens with zero attached hydrogens (tertiary/aromatic N) is 2. The lowest BCUT2D eigenvalue weighted by atomic mass is 9.99. The lowest BCUT2D eigenvalue weighted by molar-refractivity contribution is -0.139. The van der Waals surface area contributed by atoms with Gasteiger partial charge in [-0.05, 0) is 29.3 Å². The fourth-order valence-corrected chi connectivity index (χ4v) is 2.63. The van der Waals surface area contributed by atoms with Crippen molar-refractivity contribution < 1.29 is 14.4 Å². The van der Waals surface area contributed by atoms with Gasteiger partial charge in [0.15, 0.2) is 0 Å². The van der Waals surface area contributed by atoms with Crippen molar-refractivity contribution in [2.75, 3.05) is 6.54 Å². The largest absolute Gasteiger partial charge is 0.345 e. The monoisotopic (exact) mass is 370 g/mol. The Labute approximate surface area is 154 Å². The SMILES string of the molecule is O=C(NCc1ccc(Cl)cc1)C(=O)NCC1N=NC(=O)c2ccccc21.